The average molecular weight is 648 g/mol. The van der Waals surface area contributed by atoms with Crippen LogP contribution >= 0.6 is 31.9 Å². The van der Waals surface area contributed by atoms with E-state index in [-0.39, 0.29) is 5.56 Å². The van der Waals surface area contributed by atoms with E-state index in [2.05, 4.69) is 99.4 Å². The Balaban J connectivity index is 1.57. The lowest BCUT2D eigenvalue weighted by Crippen LogP contribution is -2.28. The Morgan fingerprint density at radius 3 is 1.77 bits per heavy atom. The van der Waals surface area contributed by atoms with Crippen molar-refractivity contribution in [1.29, 1.82) is 0 Å². The first-order valence-corrected chi connectivity index (χ1v) is 15.2. The number of hydrogen-bond donors (Lipinski definition) is 1. The number of rotatable bonds is 11. The van der Waals surface area contributed by atoms with Gasteiger partial charge in [0.1, 0.15) is 5.75 Å². The Labute approximate surface area is 247 Å². The second-order valence-electron chi connectivity index (χ2n) is 10.2. The van der Waals surface area contributed by atoms with Crippen LogP contribution in [-0.4, -0.2) is 17.7 Å². The van der Waals surface area contributed by atoms with E-state index in [1.807, 2.05) is 12.1 Å². The highest BCUT2D eigenvalue weighted by Gasteiger charge is 2.46. The lowest BCUT2D eigenvalue weighted by molar-refractivity contribution is 0.0697. The Bertz CT molecular complexity index is 1410. The molecule has 1 N–H and O–H groups in total. The second-order valence-corrected chi connectivity index (χ2v) is 12.0. The smallest absolute Gasteiger partial charge is 0.335 e. The van der Waals surface area contributed by atoms with Gasteiger partial charge in [-0.3, -0.25) is 0 Å². The molecule has 3 nitrogen and oxygen atoms in total. The highest BCUT2D eigenvalue weighted by molar-refractivity contribution is 9.10. The van der Waals surface area contributed by atoms with Gasteiger partial charge in [0.05, 0.1) is 17.6 Å². The zero-order valence-electron chi connectivity index (χ0n) is 22.1. The van der Waals surface area contributed by atoms with E-state index in [1.54, 1.807) is 12.1 Å². The van der Waals surface area contributed by atoms with Gasteiger partial charge >= 0.3 is 5.97 Å². The van der Waals surface area contributed by atoms with Crippen molar-refractivity contribution in [3.05, 3.63) is 122 Å². The molecule has 0 unspecified atom stereocenters. The molecule has 0 radical (unpaired) electrons. The fourth-order valence-electron chi connectivity index (χ4n) is 5.79. The van der Waals surface area contributed by atoms with Crippen LogP contribution in [0.3, 0.4) is 0 Å². The number of halogens is 2. The van der Waals surface area contributed by atoms with Crippen LogP contribution in [0.4, 0.5) is 0 Å². The number of carboxylic acid groups (broad SMARTS) is 1. The van der Waals surface area contributed by atoms with Crippen molar-refractivity contribution in [1.82, 2.24) is 0 Å². The number of benzene rings is 4. The second kappa shape index (κ2) is 12.1. The van der Waals surface area contributed by atoms with Gasteiger partial charge in [-0.1, -0.05) is 107 Å². The quantitative estimate of drug-likeness (QED) is 0.145. The number of unbranched alkanes of at least 4 members (excludes halogenated alkanes) is 5. The summed E-state index contributed by atoms with van der Waals surface area (Å²) in [7, 11) is 0. The molecule has 0 atom stereocenters. The van der Waals surface area contributed by atoms with Gasteiger partial charge in [0, 0.05) is 8.95 Å². The Morgan fingerprint density at radius 2 is 1.23 bits per heavy atom. The van der Waals surface area contributed by atoms with Gasteiger partial charge in [-0.2, -0.15) is 0 Å². The van der Waals surface area contributed by atoms with E-state index in [1.165, 1.54) is 43.2 Å². The summed E-state index contributed by atoms with van der Waals surface area (Å²) in [6.07, 6.45) is 7.40. The zero-order valence-corrected chi connectivity index (χ0v) is 25.2. The molecule has 39 heavy (non-hydrogen) atoms. The number of ether oxygens (including phenoxy) is 1. The van der Waals surface area contributed by atoms with Crippen molar-refractivity contribution in [3.63, 3.8) is 0 Å². The zero-order chi connectivity index (χ0) is 27.4. The van der Waals surface area contributed by atoms with Crippen molar-refractivity contribution >= 4 is 37.8 Å². The van der Waals surface area contributed by atoms with Gasteiger partial charge in [0.15, 0.2) is 0 Å². The van der Waals surface area contributed by atoms with Crippen LogP contribution in [0.5, 0.6) is 5.75 Å². The minimum absolute atomic E-state index is 0.272. The van der Waals surface area contributed by atoms with Crippen LogP contribution in [0.25, 0.3) is 11.1 Å². The molecular formula is C34H32Br2O3. The van der Waals surface area contributed by atoms with E-state index in [9.17, 15) is 9.90 Å². The molecule has 0 saturated carbocycles. The minimum atomic E-state index is -0.930. The first-order valence-electron chi connectivity index (χ1n) is 13.6. The van der Waals surface area contributed by atoms with Crippen molar-refractivity contribution in [2.75, 3.05) is 6.61 Å². The largest absolute Gasteiger partial charge is 0.494 e. The standard InChI is InChI=1S/C34H32Br2O3/c1-2-3-4-5-6-7-20-39-28-16-12-25(13-17-28)34(24-10-8-23(9-11-24)33(37)38)31-21-26(35)14-18-29(31)30-19-15-27(36)22-32(30)34/h8-19,21-22H,2-7,20H2,1H3,(H,37,38). The van der Waals surface area contributed by atoms with Crippen LogP contribution < -0.4 is 4.74 Å². The first kappa shape index (κ1) is 27.7. The molecule has 0 bridgehead atoms. The summed E-state index contributed by atoms with van der Waals surface area (Å²) in [5, 5.41) is 9.56. The summed E-state index contributed by atoms with van der Waals surface area (Å²) < 4.78 is 8.11. The summed E-state index contributed by atoms with van der Waals surface area (Å²) >= 11 is 7.42. The molecule has 0 aromatic heterocycles. The summed E-state index contributed by atoms with van der Waals surface area (Å²) in [5.41, 5.74) is 6.44. The normalized spacial score (nSPS) is 13.1. The number of fused-ring (bicyclic) bond motifs is 3. The van der Waals surface area contributed by atoms with Crippen molar-refractivity contribution < 1.29 is 14.6 Å². The Kier molecular flexibility index (Phi) is 8.58. The summed E-state index contributed by atoms with van der Waals surface area (Å²) in [4.78, 5) is 11.7. The number of hydrogen-bond acceptors (Lipinski definition) is 2. The van der Waals surface area contributed by atoms with Crippen molar-refractivity contribution in [3.8, 4) is 16.9 Å². The molecule has 200 valence electrons. The molecule has 5 rings (SSSR count). The van der Waals surface area contributed by atoms with E-state index in [0.29, 0.717) is 0 Å². The van der Waals surface area contributed by atoms with Crippen molar-refractivity contribution in [2.45, 2.75) is 50.9 Å². The lowest BCUT2D eigenvalue weighted by Gasteiger charge is -2.34. The third-order valence-corrected chi connectivity index (χ3v) is 8.67. The van der Waals surface area contributed by atoms with Gasteiger partial charge < -0.3 is 9.84 Å². The topological polar surface area (TPSA) is 46.5 Å². The molecule has 0 aliphatic heterocycles. The van der Waals surface area contributed by atoms with Crippen LogP contribution in [0.1, 0.15) is 78.1 Å². The molecule has 4 aromatic carbocycles. The van der Waals surface area contributed by atoms with Gasteiger partial charge in [-0.05, 0) is 88.3 Å². The number of carbonyl (C=O) groups is 1. The molecule has 1 aliphatic rings. The molecule has 0 fully saturated rings. The predicted molar refractivity (Wildman–Crippen MR) is 165 cm³/mol. The number of aromatic carboxylic acids is 1. The average Bonchev–Trinajstić information content (AvgIpc) is 3.22. The maximum absolute atomic E-state index is 11.7. The van der Waals surface area contributed by atoms with Crippen LogP contribution in [0.2, 0.25) is 0 Å². The van der Waals surface area contributed by atoms with E-state index in [0.717, 1.165) is 50.0 Å². The lowest BCUT2D eigenvalue weighted by atomic mass is 9.67. The summed E-state index contributed by atoms with van der Waals surface area (Å²) in [6.45, 7) is 2.96. The highest BCUT2D eigenvalue weighted by atomic mass is 79.9. The molecule has 1 aliphatic carbocycles. The fourth-order valence-corrected chi connectivity index (χ4v) is 6.52. The molecule has 0 amide bonds. The molecule has 0 spiro atoms. The summed E-state index contributed by atoms with van der Waals surface area (Å²) in [6, 6.07) is 28.6. The molecule has 4 aromatic rings. The molecular weight excluding hydrogens is 616 g/mol. The predicted octanol–water partition coefficient (Wildman–Crippen LogP) is 10.0. The Hall–Kier alpha value is -2.89. The van der Waals surface area contributed by atoms with E-state index in [4.69, 9.17) is 4.74 Å². The van der Waals surface area contributed by atoms with Gasteiger partial charge in [-0.25, -0.2) is 4.79 Å². The van der Waals surface area contributed by atoms with E-state index < -0.39 is 11.4 Å². The van der Waals surface area contributed by atoms with Crippen LogP contribution in [-0.2, 0) is 5.41 Å². The molecule has 0 heterocycles. The maximum atomic E-state index is 11.7. The SMILES string of the molecule is CCCCCCCCOc1ccc(C2(c3ccc(C(=O)O)cc3)c3cc(Br)ccc3-c3ccc(Br)cc32)cc1. The summed E-state index contributed by atoms with van der Waals surface area (Å²) in [5.74, 6) is -0.0641. The van der Waals surface area contributed by atoms with Gasteiger partial charge in [-0.15, -0.1) is 0 Å². The molecule has 0 saturated heterocycles. The maximum Gasteiger partial charge on any atom is 0.335 e. The van der Waals surface area contributed by atoms with Gasteiger partial charge in [0.2, 0.25) is 0 Å². The van der Waals surface area contributed by atoms with Crippen LogP contribution in [0.15, 0.2) is 93.9 Å². The Morgan fingerprint density at radius 1 is 0.718 bits per heavy atom. The van der Waals surface area contributed by atoms with Crippen LogP contribution in [0, 0.1) is 0 Å². The molecule has 5 heteroatoms. The van der Waals surface area contributed by atoms with Crippen molar-refractivity contribution in [2.24, 2.45) is 0 Å². The number of carboxylic acids is 1. The van der Waals surface area contributed by atoms with E-state index >= 15 is 0 Å². The minimum Gasteiger partial charge on any atom is -0.494 e. The fraction of sp³-hybridized carbons (Fsp3) is 0.265. The highest BCUT2D eigenvalue weighted by Crippen LogP contribution is 2.57. The first-order chi connectivity index (χ1) is 18.9. The van der Waals surface area contributed by atoms with Gasteiger partial charge in [0.25, 0.3) is 0 Å². The monoisotopic (exact) mass is 646 g/mol. The third-order valence-electron chi connectivity index (χ3n) is 7.68. The third kappa shape index (κ3) is 5.44.